The van der Waals surface area contributed by atoms with Crippen molar-refractivity contribution in [3.63, 3.8) is 0 Å². The number of benzene rings is 2. The molecule has 19 heteroatoms. The van der Waals surface area contributed by atoms with E-state index in [1.54, 1.807) is 38.2 Å². The second-order valence-corrected chi connectivity index (χ2v) is 15.3. The van der Waals surface area contributed by atoms with Gasteiger partial charge in [0, 0.05) is 42.9 Å². The summed E-state index contributed by atoms with van der Waals surface area (Å²) in [6.45, 7) is 7.77. The summed E-state index contributed by atoms with van der Waals surface area (Å²) >= 11 is 0. The number of carbonyl (C=O) groups excluding carboxylic acids is 4. The van der Waals surface area contributed by atoms with E-state index >= 15 is 0 Å². The number of aldehydes is 1. The molecule has 2 amide bonds. The monoisotopic (exact) mass is 858 g/mol. The molecule has 60 heavy (non-hydrogen) atoms. The Balaban J connectivity index is 0.000000894. The van der Waals surface area contributed by atoms with Crippen molar-refractivity contribution in [1.82, 2.24) is 20.3 Å². The molecule has 0 aromatic heterocycles. The molecule has 2 aliphatic heterocycles. The van der Waals surface area contributed by atoms with E-state index in [9.17, 15) is 27.6 Å². The lowest BCUT2D eigenvalue weighted by Gasteiger charge is -2.22. The van der Waals surface area contributed by atoms with Gasteiger partial charge in [-0.15, -0.1) is 0 Å². The highest BCUT2D eigenvalue weighted by Gasteiger charge is 2.25. The molecule has 0 spiro atoms. The molecular formula is C41H62N8O10S. The van der Waals surface area contributed by atoms with E-state index in [4.69, 9.17) is 25.7 Å². The molecule has 18 nitrogen and oxygen atoms in total. The summed E-state index contributed by atoms with van der Waals surface area (Å²) in [5.74, 6) is -0.777. The number of nitrogens with zero attached hydrogens (tertiary/aromatic N) is 2. The quantitative estimate of drug-likeness (QED) is 0.0490. The third-order valence-corrected chi connectivity index (χ3v) is 10.6. The molecule has 0 saturated heterocycles. The van der Waals surface area contributed by atoms with Gasteiger partial charge in [0.2, 0.25) is 15.9 Å². The minimum atomic E-state index is -4.00. The SMILES string of the molecule is C=CC1=N/C(=C(\C)N)C(=O)Nc2cccc(CNC)c2OCCOCCOCCN(CCCC(=O)NCC=O)S(=O)(=O)c2ccc1cc2.CNCCCCC(N)C(=O)OC. The van der Waals surface area contributed by atoms with Gasteiger partial charge in [-0.2, -0.15) is 4.31 Å². The summed E-state index contributed by atoms with van der Waals surface area (Å²) in [6.07, 6.45) is 4.99. The van der Waals surface area contributed by atoms with Crippen molar-refractivity contribution in [2.45, 2.75) is 56.5 Å². The maximum absolute atomic E-state index is 13.7. The number of para-hydroxylation sites is 1. The number of amides is 2. The highest BCUT2D eigenvalue weighted by Crippen LogP contribution is 2.30. The zero-order chi connectivity index (χ0) is 44.3. The van der Waals surface area contributed by atoms with Crippen LogP contribution in [0, 0.1) is 0 Å². The van der Waals surface area contributed by atoms with E-state index in [1.165, 1.54) is 29.6 Å². The summed E-state index contributed by atoms with van der Waals surface area (Å²) in [4.78, 5) is 51.4. The van der Waals surface area contributed by atoms with Crippen LogP contribution in [0.1, 0.15) is 50.2 Å². The Bertz CT molecular complexity index is 1850. The first-order valence-electron chi connectivity index (χ1n) is 19.7. The Morgan fingerprint density at radius 2 is 1.73 bits per heavy atom. The summed E-state index contributed by atoms with van der Waals surface area (Å²) in [5, 5.41) is 11.4. The molecule has 0 fully saturated rings. The highest BCUT2D eigenvalue weighted by molar-refractivity contribution is 7.89. The van der Waals surface area contributed by atoms with Gasteiger partial charge in [0.15, 0.2) is 0 Å². The van der Waals surface area contributed by atoms with Crippen LogP contribution in [0.25, 0.3) is 0 Å². The van der Waals surface area contributed by atoms with Crippen LogP contribution in [0.5, 0.6) is 5.75 Å². The third-order valence-electron chi connectivity index (χ3n) is 8.73. The van der Waals surface area contributed by atoms with Crippen molar-refractivity contribution < 1.29 is 46.5 Å². The number of nitrogens with two attached hydrogens (primary N) is 2. The number of carbonyl (C=O) groups is 4. The van der Waals surface area contributed by atoms with Gasteiger partial charge < -0.3 is 56.5 Å². The first kappa shape index (κ1) is 51.1. The van der Waals surface area contributed by atoms with Crippen LogP contribution in [-0.4, -0.2) is 129 Å². The summed E-state index contributed by atoms with van der Waals surface area (Å²) in [6, 6.07) is 10.9. The predicted octanol–water partition coefficient (Wildman–Crippen LogP) is 1.60. The van der Waals surface area contributed by atoms with Crippen molar-refractivity contribution in [3.05, 3.63) is 77.6 Å². The lowest BCUT2D eigenvalue weighted by Crippen LogP contribution is -2.36. The lowest BCUT2D eigenvalue weighted by atomic mass is 10.1. The molecule has 8 N–H and O–H groups in total. The van der Waals surface area contributed by atoms with Crippen LogP contribution in [0.4, 0.5) is 5.69 Å². The molecule has 2 aromatic carbocycles. The first-order chi connectivity index (χ1) is 28.8. The number of esters is 1. The van der Waals surface area contributed by atoms with Gasteiger partial charge in [-0.05, 0) is 71.1 Å². The van der Waals surface area contributed by atoms with Gasteiger partial charge in [0.05, 0.1) is 56.4 Å². The maximum Gasteiger partial charge on any atom is 0.322 e. The van der Waals surface area contributed by atoms with Crippen molar-refractivity contribution >= 4 is 45.5 Å². The highest BCUT2D eigenvalue weighted by atomic mass is 32.2. The number of anilines is 1. The summed E-state index contributed by atoms with van der Waals surface area (Å²) in [5.41, 5.74) is 13.8. The van der Waals surface area contributed by atoms with Crippen LogP contribution < -0.4 is 37.5 Å². The van der Waals surface area contributed by atoms with Crippen LogP contribution in [-0.2, 0) is 50.0 Å². The van der Waals surface area contributed by atoms with E-state index in [1.807, 2.05) is 13.1 Å². The zero-order valence-corrected chi connectivity index (χ0v) is 35.9. The number of fused-ring (bicyclic) bond motifs is 15. The molecule has 1 atom stereocenters. The fraction of sp³-hybridized carbons (Fsp3) is 0.488. The molecule has 1 unspecified atom stereocenters. The van der Waals surface area contributed by atoms with E-state index in [-0.39, 0.29) is 93.7 Å². The van der Waals surface area contributed by atoms with Gasteiger partial charge in [0.25, 0.3) is 5.91 Å². The molecule has 2 heterocycles. The lowest BCUT2D eigenvalue weighted by molar-refractivity contribution is -0.142. The van der Waals surface area contributed by atoms with E-state index in [0.29, 0.717) is 42.0 Å². The summed E-state index contributed by atoms with van der Waals surface area (Å²) in [7, 11) is 1.07. The second kappa shape index (κ2) is 28.4. The molecule has 0 radical (unpaired) electrons. The third kappa shape index (κ3) is 17.7. The fourth-order valence-electron chi connectivity index (χ4n) is 5.62. The molecular weight excluding hydrogens is 797 g/mol. The van der Waals surface area contributed by atoms with Gasteiger partial charge in [-0.25, -0.2) is 13.4 Å². The summed E-state index contributed by atoms with van der Waals surface area (Å²) < 4.78 is 50.5. The minimum Gasteiger partial charge on any atom is -0.489 e. The molecule has 2 bridgehead atoms. The van der Waals surface area contributed by atoms with Crippen LogP contribution in [0.2, 0.25) is 0 Å². The molecule has 0 aliphatic carbocycles. The molecule has 2 aromatic rings. The zero-order valence-electron chi connectivity index (χ0n) is 35.1. The smallest absolute Gasteiger partial charge is 0.322 e. The van der Waals surface area contributed by atoms with Crippen LogP contribution >= 0.6 is 0 Å². The number of methoxy groups -OCH3 is 1. The number of nitrogens with one attached hydrogen (secondary N) is 4. The number of unbranched alkanes of at least 4 members (excludes halogenated alkanes) is 1. The van der Waals surface area contributed by atoms with Crippen molar-refractivity contribution in [1.29, 1.82) is 0 Å². The van der Waals surface area contributed by atoms with Gasteiger partial charge >= 0.3 is 5.97 Å². The average molecular weight is 859 g/mol. The predicted molar refractivity (Wildman–Crippen MR) is 230 cm³/mol. The number of allylic oxidation sites excluding steroid dienone is 2. The Hall–Kier alpha value is -5.02. The topological polar surface area (TPSA) is 255 Å². The standard InChI is InChI=1S/C33H44N6O8S.C8H18N2O2/c1-4-28-25-10-12-27(13-11-25)48(43,44)39(15-6-9-30(41)36-14-17-40)16-18-45-19-20-46-21-22-47-32-26(23-35-3)7-5-8-29(32)38-33(42)31(37-28)24(2)34;1-10-6-4-3-5-7(9)8(11)12-2/h4-5,7-8,10-13,17,35H,1,6,9,14-16,18-23,34H2,2-3H3,(H,36,41)(H,38,42);7,10H,3-6,9H2,1-2H3/b31-24+,37-28?;. The van der Waals surface area contributed by atoms with Crippen LogP contribution in [0.15, 0.2) is 76.4 Å². The molecule has 0 saturated carbocycles. The average Bonchev–Trinajstić information content (AvgIpc) is 3.23. The fourth-order valence-corrected chi connectivity index (χ4v) is 7.08. The Kier molecular flexibility index (Phi) is 24.2. The van der Waals surface area contributed by atoms with Crippen molar-refractivity contribution in [2.24, 2.45) is 16.5 Å². The Labute approximate surface area is 353 Å². The van der Waals surface area contributed by atoms with E-state index in [0.717, 1.165) is 24.9 Å². The number of hydrogen-bond donors (Lipinski definition) is 6. The Morgan fingerprint density at radius 1 is 1.03 bits per heavy atom. The van der Waals surface area contributed by atoms with Crippen molar-refractivity contribution in [3.8, 4) is 5.75 Å². The van der Waals surface area contributed by atoms with Crippen LogP contribution in [0.3, 0.4) is 0 Å². The van der Waals surface area contributed by atoms with Gasteiger partial charge in [0.1, 0.15) is 30.4 Å². The minimum absolute atomic E-state index is 0.0167. The molecule has 2 aliphatic rings. The molecule has 4 rings (SSSR count). The van der Waals surface area contributed by atoms with Gasteiger partial charge in [-0.3, -0.25) is 14.4 Å². The van der Waals surface area contributed by atoms with E-state index in [2.05, 4.69) is 37.6 Å². The number of ether oxygens (including phenoxy) is 4. The first-order valence-corrected chi connectivity index (χ1v) is 21.1. The maximum atomic E-state index is 13.7. The van der Waals surface area contributed by atoms with Crippen molar-refractivity contribution in [2.75, 3.05) is 85.7 Å². The number of aliphatic imine (C=N–C) groups is 1. The molecule has 332 valence electrons. The largest absolute Gasteiger partial charge is 0.489 e. The van der Waals surface area contributed by atoms with E-state index < -0.39 is 22.0 Å². The number of rotatable bonds is 15. The number of sulfonamides is 1. The normalized spacial score (nSPS) is 16.7. The van der Waals surface area contributed by atoms with Gasteiger partial charge in [-0.1, -0.05) is 37.3 Å². The Morgan fingerprint density at radius 3 is 2.37 bits per heavy atom. The second-order valence-electron chi connectivity index (χ2n) is 13.3. The number of hydrogen-bond acceptors (Lipinski definition) is 15.